The molecule has 0 radical (unpaired) electrons. The summed E-state index contributed by atoms with van der Waals surface area (Å²) in [5.74, 6) is 0.608. The summed E-state index contributed by atoms with van der Waals surface area (Å²) in [7, 11) is 1.60. The second-order valence-electron chi connectivity index (χ2n) is 6.23. The molecule has 0 aliphatic carbocycles. The third-order valence-electron chi connectivity index (χ3n) is 4.26. The van der Waals surface area contributed by atoms with Crippen molar-refractivity contribution in [3.8, 4) is 5.75 Å². The van der Waals surface area contributed by atoms with Crippen LogP contribution in [-0.2, 0) is 4.79 Å². The van der Waals surface area contributed by atoms with E-state index in [4.69, 9.17) is 21.3 Å². The number of thioether (sulfide) groups is 1. The highest BCUT2D eigenvalue weighted by atomic mass is 35.5. The molecule has 6 heteroatoms. The van der Waals surface area contributed by atoms with Crippen LogP contribution in [0.5, 0.6) is 5.75 Å². The number of hydrogen-bond acceptors (Lipinski definition) is 4. The Labute approximate surface area is 168 Å². The van der Waals surface area contributed by atoms with E-state index in [0.29, 0.717) is 27.4 Å². The number of hydrogen-bond donors (Lipinski definition) is 0. The summed E-state index contributed by atoms with van der Waals surface area (Å²) in [5.41, 5.74) is 3.86. The summed E-state index contributed by atoms with van der Waals surface area (Å²) in [6.07, 6.45) is 1.81. The normalized spacial score (nSPS) is 17.2. The van der Waals surface area contributed by atoms with Crippen molar-refractivity contribution < 1.29 is 9.53 Å². The van der Waals surface area contributed by atoms with Crippen LogP contribution in [0.4, 0.5) is 5.69 Å². The van der Waals surface area contributed by atoms with E-state index in [9.17, 15) is 4.79 Å². The minimum Gasteiger partial charge on any atom is -0.496 e. The molecule has 0 saturated carbocycles. The number of methoxy groups -OCH3 is 1. The molecule has 0 N–H and O–H groups in total. The van der Waals surface area contributed by atoms with Gasteiger partial charge in [0.25, 0.3) is 5.91 Å². The van der Waals surface area contributed by atoms with Crippen molar-refractivity contribution in [3.63, 3.8) is 0 Å². The summed E-state index contributed by atoms with van der Waals surface area (Å²) in [6, 6.07) is 11.5. The Kier molecular flexibility index (Phi) is 5.92. The maximum Gasteiger partial charge on any atom is 0.266 e. The highest BCUT2D eigenvalue weighted by Crippen LogP contribution is 2.36. The van der Waals surface area contributed by atoms with Gasteiger partial charge in [0.1, 0.15) is 5.75 Å². The second-order valence-corrected chi connectivity index (χ2v) is 7.68. The number of carbonyl (C=O) groups is 1. The van der Waals surface area contributed by atoms with Gasteiger partial charge in [-0.25, -0.2) is 4.99 Å². The Morgan fingerprint density at radius 3 is 2.70 bits per heavy atom. The topological polar surface area (TPSA) is 41.9 Å². The number of ether oxygens (including phenoxy) is 1. The van der Waals surface area contributed by atoms with Crippen LogP contribution in [0.1, 0.15) is 23.6 Å². The molecule has 0 aromatic heterocycles. The van der Waals surface area contributed by atoms with Gasteiger partial charge in [0.2, 0.25) is 0 Å². The van der Waals surface area contributed by atoms with E-state index in [2.05, 4.69) is 6.07 Å². The molecule has 0 atom stereocenters. The van der Waals surface area contributed by atoms with Crippen molar-refractivity contribution in [2.24, 2.45) is 4.99 Å². The smallest absolute Gasteiger partial charge is 0.266 e. The van der Waals surface area contributed by atoms with Gasteiger partial charge in [-0.05, 0) is 74.0 Å². The lowest BCUT2D eigenvalue weighted by Gasteiger charge is -2.12. The number of halogens is 1. The van der Waals surface area contributed by atoms with Crippen LogP contribution < -0.4 is 4.74 Å². The zero-order valence-corrected chi connectivity index (χ0v) is 17.3. The summed E-state index contributed by atoms with van der Waals surface area (Å²) in [4.78, 5) is 19.9. The van der Waals surface area contributed by atoms with E-state index in [-0.39, 0.29) is 5.91 Å². The van der Waals surface area contributed by atoms with Crippen LogP contribution >= 0.6 is 23.4 Å². The lowest BCUT2D eigenvalue weighted by atomic mass is 10.1. The molecule has 1 aliphatic rings. The standard InChI is InChI=1S/C21H21ClN2O2S/c1-5-24-20(25)19(12-15-11-16(22)8-9-18(15)26-4)27-21(24)23-17-10-13(2)6-7-14(17)3/h6-12H,5H2,1-4H3/b19-12+,23-21?. The van der Waals surface area contributed by atoms with E-state index in [1.165, 1.54) is 11.8 Å². The van der Waals surface area contributed by atoms with Crippen LogP contribution in [0, 0.1) is 13.8 Å². The Balaban J connectivity index is 2.01. The Bertz CT molecular complexity index is 953. The van der Waals surface area contributed by atoms with Crippen molar-refractivity contribution in [1.29, 1.82) is 0 Å². The van der Waals surface area contributed by atoms with E-state index in [1.54, 1.807) is 30.2 Å². The highest BCUT2D eigenvalue weighted by molar-refractivity contribution is 8.18. The second kappa shape index (κ2) is 8.19. The van der Waals surface area contributed by atoms with Gasteiger partial charge >= 0.3 is 0 Å². The van der Waals surface area contributed by atoms with E-state index >= 15 is 0 Å². The predicted octanol–water partition coefficient (Wildman–Crippen LogP) is 5.59. The van der Waals surface area contributed by atoms with Crippen LogP contribution in [-0.4, -0.2) is 29.6 Å². The Hall–Kier alpha value is -2.24. The van der Waals surface area contributed by atoms with Crippen LogP contribution in [0.3, 0.4) is 0 Å². The van der Waals surface area contributed by atoms with Crippen molar-refractivity contribution in [2.45, 2.75) is 20.8 Å². The van der Waals surface area contributed by atoms with Gasteiger partial charge in [0.15, 0.2) is 5.17 Å². The molecule has 3 rings (SSSR count). The quantitative estimate of drug-likeness (QED) is 0.628. The average molecular weight is 401 g/mol. The SMILES string of the molecule is CCN1C(=O)/C(=C\c2cc(Cl)ccc2OC)SC1=Nc1cc(C)ccc1C. The van der Waals surface area contributed by atoms with Crippen molar-refractivity contribution in [3.05, 3.63) is 63.0 Å². The lowest BCUT2D eigenvalue weighted by molar-refractivity contribution is -0.122. The number of amides is 1. The first-order chi connectivity index (χ1) is 12.9. The van der Waals surface area contributed by atoms with Gasteiger partial charge in [-0.2, -0.15) is 0 Å². The number of carbonyl (C=O) groups excluding carboxylic acids is 1. The zero-order valence-electron chi connectivity index (χ0n) is 15.7. The molecule has 0 spiro atoms. The van der Waals surface area contributed by atoms with Gasteiger partial charge in [-0.3, -0.25) is 9.69 Å². The highest BCUT2D eigenvalue weighted by Gasteiger charge is 2.32. The number of benzene rings is 2. The van der Waals surface area contributed by atoms with Gasteiger partial charge in [-0.15, -0.1) is 0 Å². The fourth-order valence-corrected chi connectivity index (χ4v) is 4.00. The van der Waals surface area contributed by atoms with Crippen LogP contribution in [0.25, 0.3) is 6.08 Å². The molecule has 140 valence electrons. The first kappa shape index (κ1) is 19.5. The molecule has 2 aromatic rings. The number of aliphatic imine (C=N–C) groups is 1. The van der Waals surface area contributed by atoms with Crippen molar-refractivity contribution in [1.82, 2.24) is 4.90 Å². The molecule has 1 aliphatic heterocycles. The molecular weight excluding hydrogens is 380 g/mol. The predicted molar refractivity (Wildman–Crippen MR) is 114 cm³/mol. The first-order valence-electron chi connectivity index (χ1n) is 8.63. The molecular formula is C21H21ClN2O2S. The maximum atomic E-state index is 12.9. The first-order valence-corrected chi connectivity index (χ1v) is 9.83. The molecule has 27 heavy (non-hydrogen) atoms. The molecule has 1 amide bonds. The minimum atomic E-state index is -0.0615. The molecule has 0 bridgehead atoms. The summed E-state index contributed by atoms with van der Waals surface area (Å²) < 4.78 is 5.38. The molecule has 1 saturated heterocycles. The molecule has 1 fully saturated rings. The van der Waals surface area contributed by atoms with E-state index in [1.807, 2.05) is 39.0 Å². The fourth-order valence-electron chi connectivity index (χ4n) is 2.77. The molecule has 4 nitrogen and oxygen atoms in total. The third-order valence-corrected chi connectivity index (χ3v) is 5.51. The van der Waals surface area contributed by atoms with E-state index in [0.717, 1.165) is 22.4 Å². The lowest BCUT2D eigenvalue weighted by Crippen LogP contribution is -2.28. The van der Waals surface area contributed by atoms with Crippen molar-refractivity contribution in [2.75, 3.05) is 13.7 Å². The summed E-state index contributed by atoms with van der Waals surface area (Å²) >= 11 is 7.48. The molecule has 0 unspecified atom stereocenters. The average Bonchev–Trinajstić information content (AvgIpc) is 2.93. The maximum absolute atomic E-state index is 12.9. The molecule has 1 heterocycles. The number of aryl methyl sites for hydroxylation is 2. The van der Waals surface area contributed by atoms with Crippen LogP contribution in [0.2, 0.25) is 5.02 Å². The number of likely N-dealkylation sites (N-methyl/N-ethyl adjacent to an activating group) is 1. The summed E-state index contributed by atoms with van der Waals surface area (Å²) in [5, 5.41) is 1.28. The van der Waals surface area contributed by atoms with Gasteiger partial charge in [0.05, 0.1) is 17.7 Å². The number of amidine groups is 1. The fraction of sp³-hybridized carbons (Fsp3) is 0.238. The van der Waals surface area contributed by atoms with Crippen LogP contribution in [0.15, 0.2) is 46.3 Å². The van der Waals surface area contributed by atoms with Crippen molar-refractivity contribution >= 4 is 46.2 Å². The van der Waals surface area contributed by atoms with Gasteiger partial charge in [-0.1, -0.05) is 23.7 Å². The zero-order chi connectivity index (χ0) is 19.6. The Morgan fingerprint density at radius 2 is 2.00 bits per heavy atom. The third kappa shape index (κ3) is 4.20. The summed E-state index contributed by atoms with van der Waals surface area (Å²) in [6.45, 7) is 6.55. The number of rotatable bonds is 4. The number of nitrogens with zero attached hydrogens (tertiary/aromatic N) is 2. The van der Waals surface area contributed by atoms with E-state index < -0.39 is 0 Å². The van der Waals surface area contributed by atoms with Gasteiger partial charge in [0, 0.05) is 17.1 Å². The van der Waals surface area contributed by atoms with Gasteiger partial charge < -0.3 is 4.74 Å². The molecule has 2 aromatic carbocycles. The minimum absolute atomic E-state index is 0.0615. The largest absolute Gasteiger partial charge is 0.496 e. The monoisotopic (exact) mass is 400 g/mol. The Morgan fingerprint density at radius 1 is 1.22 bits per heavy atom.